The summed E-state index contributed by atoms with van der Waals surface area (Å²) in [6.45, 7) is 5.98. The van der Waals surface area contributed by atoms with Crippen molar-refractivity contribution in [3.8, 4) is 0 Å². The fraction of sp³-hybridized carbons (Fsp3) is 0.714. The van der Waals surface area contributed by atoms with E-state index < -0.39 is 39.5 Å². The topological polar surface area (TPSA) is 208 Å². The molecule has 0 unspecified atom stereocenters. The second-order valence-corrected chi connectivity index (χ2v) is 9.22. The molecule has 0 amide bonds. The van der Waals surface area contributed by atoms with Crippen molar-refractivity contribution in [2.75, 3.05) is 32.8 Å². The van der Waals surface area contributed by atoms with Crippen molar-refractivity contribution in [3.63, 3.8) is 0 Å². The molecule has 0 rings (SSSR count). The molecule has 0 aromatic rings. The third kappa shape index (κ3) is 31.6. The second kappa shape index (κ2) is 16.5. The van der Waals surface area contributed by atoms with Gasteiger partial charge in [0.2, 0.25) is 5.78 Å². The average molecular weight is 464 g/mol. The number of Topliss-reactive ketones (excluding diaryl/α,β-unsaturated/α-hetero) is 2. The van der Waals surface area contributed by atoms with Crippen LogP contribution in [0.4, 0.5) is 0 Å². The third-order valence-corrected chi connectivity index (χ3v) is 3.77. The van der Waals surface area contributed by atoms with E-state index in [1.54, 1.807) is 13.8 Å². The Hall–Kier alpha value is -1.30. The Morgan fingerprint density at radius 3 is 1.79 bits per heavy atom. The number of hydrogen-bond donors (Lipinski definition) is 5. The quantitative estimate of drug-likeness (QED) is 0.115. The number of nitrogens with zero attached hydrogens (tertiary/aromatic N) is 1. The monoisotopic (exact) mass is 464 g/mol. The summed E-state index contributed by atoms with van der Waals surface area (Å²) in [5, 5.41) is 2.24. The number of carbonyl (C=O) groups is 4. The molecule has 0 heterocycles. The van der Waals surface area contributed by atoms with E-state index in [9.17, 15) is 28.3 Å². The predicted octanol–water partition coefficient (Wildman–Crippen LogP) is -0.920. The highest BCUT2D eigenvalue weighted by Crippen LogP contribution is 2.35. The first-order valence-corrected chi connectivity index (χ1v) is 11.6. The lowest BCUT2D eigenvalue weighted by Crippen LogP contribution is -2.36. The molecular weight excluding hydrogens is 434 g/mol. The summed E-state index contributed by atoms with van der Waals surface area (Å²) in [6.07, 6.45) is -0.874. The zero-order valence-corrected chi connectivity index (χ0v) is 18.8. The van der Waals surface area contributed by atoms with Gasteiger partial charge in [-0.3, -0.25) is 33.7 Å². The second-order valence-electron chi connectivity index (χ2n) is 5.96. The largest absolute Gasteiger partial charge is 0.468 e. The minimum atomic E-state index is -4.18. The Morgan fingerprint density at radius 1 is 1.07 bits per heavy atom. The molecule has 0 fully saturated rings. The molecule has 0 saturated carbocycles. The highest BCUT2D eigenvalue weighted by molar-refractivity contribution is 7.51. The number of esters is 1. The van der Waals surface area contributed by atoms with Crippen LogP contribution < -0.4 is 5.32 Å². The van der Waals surface area contributed by atoms with Crippen LogP contribution in [0.15, 0.2) is 0 Å². The first-order chi connectivity index (χ1) is 12.9. The normalized spacial score (nSPS) is 11.0. The molecular formula is C14H30N2O11P2. The summed E-state index contributed by atoms with van der Waals surface area (Å²) < 4.78 is 25.1. The first-order valence-electron chi connectivity index (χ1n) is 8.01. The van der Waals surface area contributed by atoms with Gasteiger partial charge in [-0.2, -0.15) is 0 Å². The van der Waals surface area contributed by atoms with Crippen LogP contribution in [0.2, 0.25) is 0 Å². The van der Waals surface area contributed by atoms with Gasteiger partial charge in [0.1, 0.15) is 12.1 Å². The van der Waals surface area contributed by atoms with E-state index >= 15 is 0 Å². The summed E-state index contributed by atoms with van der Waals surface area (Å²) >= 11 is 0. The minimum absolute atomic E-state index is 0.148. The SMILES string of the molecule is CC(C)=O.CC(C)N(CC(=O)C=O)CP(=O)(O)O.COC(=O)CNCP(=O)(O)O. The standard InChI is InChI=1S/C7H14NO5P.C4H10NO5P.C3H6O/c1-6(2)8(3-7(10)4-9)5-14(11,12)13;1-10-4(6)2-5-3-11(7,8)9;1-3(2)4/h4,6H,3,5H2,1-2H3,(H2,11,12,13);5H,2-3H2,1H3,(H2,7,8,9);1-2H3. The number of methoxy groups -OCH3 is 1. The molecule has 13 nitrogen and oxygen atoms in total. The summed E-state index contributed by atoms with van der Waals surface area (Å²) in [7, 11) is -7.04. The van der Waals surface area contributed by atoms with E-state index in [0.717, 1.165) is 0 Å². The molecule has 0 spiro atoms. The molecule has 0 bridgehead atoms. The molecule has 29 heavy (non-hydrogen) atoms. The van der Waals surface area contributed by atoms with Gasteiger partial charge in [0, 0.05) is 6.04 Å². The number of aldehydes is 1. The maximum Gasteiger partial charge on any atom is 0.339 e. The third-order valence-electron chi connectivity index (χ3n) is 2.40. The van der Waals surface area contributed by atoms with E-state index in [0.29, 0.717) is 0 Å². The summed E-state index contributed by atoms with van der Waals surface area (Å²) in [5.41, 5.74) is 0. The van der Waals surface area contributed by atoms with E-state index in [2.05, 4.69) is 10.1 Å². The van der Waals surface area contributed by atoms with Crippen molar-refractivity contribution in [2.45, 2.75) is 33.7 Å². The highest BCUT2D eigenvalue weighted by atomic mass is 31.2. The number of carbonyl (C=O) groups excluding carboxylic acids is 4. The Bertz CT molecular complexity index is 609. The molecule has 0 atom stereocenters. The molecule has 0 radical (unpaired) electrons. The van der Waals surface area contributed by atoms with Crippen molar-refractivity contribution in [2.24, 2.45) is 0 Å². The molecule has 172 valence electrons. The summed E-state index contributed by atoms with van der Waals surface area (Å²) in [4.78, 5) is 75.9. The Balaban J connectivity index is -0.000000401. The van der Waals surface area contributed by atoms with E-state index in [4.69, 9.17) is 19.6 Å². The number of nitrogens with one attached hydrogen (secondary N) is 1. The van der Waals surface area contributed by atoms with Gasteiger partial charge in [-0.1, -0.05) is 0 Å². The maximum atomic E-state index is 10.7. The van der Waals surface area contributed by atoms with Crippen LogP contribution in [-0.2, 0) is 33.0 Å². The van der Waals surface area contributed by atoms with E-state index in [1.165, 1.54) is 25.9 Å². The van der Waals surface area contributed by atoms with Crippen LogP contribution in [0.1, 0.15) is 27.7 Å². The van der Waals surface area contributed by atoms with E-state index in [1.807, 2.05) is 0 Å². The van der Waals surface area contributed by atoms with Crippen LogP contribution >= 0.6 is 15.2 Å². The lowest BCUT2D eigenvalue weighted by Gasteiger charge is -2.24. The first kappa shape index (κ1) is 32.4. The molecule has 0 aliphatic heterocycles. The number of hydrogen-bond acceptors (Lipinski definition) is 9. The van der Waals surface area contributed by atoms with Gasteiger partial charge < -0.3 is 29.1 Å². The number of ketones is 2. The van der Waals surface area contributed by atoms with Crippen LogP contribution in [-0.4, -0.2) is 87.1 Å². The lowest BCUT2D eigenvalue weighted by atomic mass is 10.3. The average Bonchev–Trinajstić information content (AvgIpc) is 2.51. The molecule has 0 aromatic heterocycles. The Morgan fingerprint density at radius 2 is 1.52 bits per heavy atom. The van der Waals surface area contributed by atoms with Gasteiger partial charge in [0.05, 0.1) is 26.5 Å². The van der Waals surface area contributed by atoms with Crippen LogP contribution in [0.5, 0.6) is 0 Å². The van der Waals surface area contributed by atoms with Gasteiger partial charge in [0.25, 0.3) is 0 Å². The molecule has 15 heteroatoms. The van der Waals surface area contributed by atoms with Gasteiger partial charge >= 0.3 is 21.2 Å². The molecule has 0 aromatic carbocycles. The molecule has 5 N–H and O–H groups in total. The number of ether oxygens (including phenoxy) is 1. The van der Waals surface area contributed by atoms with E-state index in [-0.39, 0.29) is 31.2 Å². The minimum Gasteiger partial charge on any atom is -0.468 e. The lowest BCUT2D eigenvalue weighted by molar-refractivity contribution is -0.139. The smallest absolute Gasteiger partial charge is 0.339 e. The fourth-order valence-corrected chi connectivity index (χ4v) is 2.55. The zero-order chi connectivity index (χ0) is 23.8. The Kier molecular flexibility index (Phi) is 18.4. The number of rotatable bonds is 10. The zero-order valence-electron chi connectivity index (χ0n) is 17.0. The summed E-state index contributed by atoms with van der Waals surface area (Å²) in [5.74, 6) is -1.08. The van der Waals surface area contributed by atoms with Gasteiger partial charge in [0.15, 0.2) is 6.29 Å². The fourth-order valence-electron chi connectivity index (χ4n) is 1.25. The van der Waals surface area contributed by atoms with Gasteiger partial charge in [-0.25, -0.2) is 0 Å². The summed E-state index contributed by atoms with van der Waals surface area (Å²) in [6, 6.07) is -0.202. The van der Waals surface area contributed by atoms with Crippen LogP contribution in [0, 0.1) is 0 Å². The van der Waals surface area contributed by atoms with Gasteiger partial charge in [-0.05, 0) is 27.7 Å². The van der Waals surface area contributed by atoms with Crippen LogP contribution in [0.25, 0.3) is 0 Å². The van der Waals surface area contributed by atoms with Crippen molar-refractivity contribution < 1.29 is 52.6 Å². The van der Waals surface area contributed by atoms with Crippen molar-refractivity contribution in [3.05, 3.63) is 0 Å². The molecule has 0 aliphatic rings. The Labute approximate surface area is 169 Å². The van der Waals surface area contributed by atoms with Gasteiger partial charge in [-0.15, -0.1) is 0 Å². The van der Waals surface area contributed by atoms with Crippen molar-refractivity contribution in [1.29, 1.82) is 0 Å². The van der Waals surface area contributed by atoms with Crippen LogP contribution in [0.3, 0.4) is 0 Å². The molecule has 0 saturated heterocycles. The maximum absolute atomic E-state index is 10.7. The highest BCUT2D eigenvalue weighted by Gasteiger charge is 2.22. The van der Waals surface area contributed by atoms with Crippen molar-refractivity contribution in [1.82, 2.24) is 10.2 Å². The van der Waals surface area contributed by atoms with Crippen molar-refractivity contribution >= 4 is 39.0 Å². The predicted molar refractivity (Wildman–Crippen MR) is 103 cm³/mol. The molecule has 0 aliphatic carbocycles.